The summed E-state index contributed by atoms with van der Waals surface area (Å²) in [6.07, 6.45) is 7.45. The summed E-state index contributed by atoms with van der Waals surface area (Å²) in [7, 11) is 0. The Morgan fingerprint density at radius 2 is 1.76 bits per heavy atom. The smallest absolute Gasteiger partial charge is 0.0695 e. The Morgan fingerprint density at radius 3 is 2.29 bits per heavy atom. The lowest BCUT2D eigenvalue weighted by molar-refractivity contribution is -0.0132. The molecule has 0 amide bonds. The molecule has 0 aliphatic heterocycles. The van der Waals surface area contributed by atoms with E-state index in [9.17, 15) is 5.11 Å². The summed E-state index contributed by atoms with van der Waals surface area (Å²) in [6, 6.07) is 1.00. The molecule has 3 unspecified atom stereocenters. The first-order valence-electron chi connectivity index (χ1n) is 7.55. The number of hydrogen-bond acceptors (Lipinski definition) is 2. The molecule has 1 N–H and O–H groups in total. The van der Waals surface area contributed by atoms with E-state index in [4.69, 9.17) is 0 Å². The van der Waals surface area contributed by atoms with Crippen molar-refractivity contribution in [3.05, 3.63) is 0 Å². The van der Waals surface area contributed by atoms with Crippen LogP contribution in [0.2, 0.25) is 0 Å². The third-order valence-corrected chi connectivity index (χ3v) is 4.72. The number of aliphatic hydroxyl groups is 1. The molecule has 2 saturated carbocycles. The standard InChI is InChI=1S/C15H29NO/c1-4-12-7-8-15(17)14(9-12)16(11(2)3)10-13-5-6-13/h11-15,17H,4-10H2,1-3H3. The SMILES string of the molecule is CCC1CCC(O)C(N(CC2CC2)C(C)C)C1. The fraction of sp³-hybridized carbons (Fsp3) is 1.00. The zero-order valence-corrected chi connectivity index (χ0v) is 11.7. The first kappa shape index (κ1) is 13.4. The van der Waals surface area contributed by atoms with Gasteiger partial charge in [-0.2, -0.15) is 0 Å². The maximum Gasteiger partial charge on any atom is 0.0695 e. The van der Waals surface area contributed by atoms with Gasteiger partial charge in [-0.05, 0) is 57.8 Å². The highest BCUT2D eigenvalue weighted by Gasteiger charge is 2.36. The van der Waals surface area contributed by atoms with Crippen LogP contribution in [-0.2, 0) is 0 Å². The Kier molecular flexibility index (Phi) is 4.48. The molecule has 3 atom stereocenters. The van der Waals surface area contributed by atoms with Gasteiger partial charge in [-0.1, -0.05) is 13.3 Å². The highest BCUT2D eigenvalue weighted by Crippen LogP contribution is 2.35. The van der Waals surface area contributed by atoms with Crippen LogP contribution in [0.1, 0.15) is 59.3 Å². The molecule has 0 heterocycles. The Bertz CT molecular complexity index is 237. The maximum atomic E-state index is 10.3. The van der Waals surface area contributed by atoms with Gasteiger partial charge < -0.3 is 5.11 Å². The van der Waals surface area contributed by atoms with Crippen LogP contribution < -0.4 is 0 Å². The molecule has 0 bridgehead atoms. The summed E-state index contributed by atoms with van der Waals surface area (Å²) in [4.78, 5) is 2.59. The maximum absolute atomic E-state index is 10.3. The minimum atomic E-state index is -0.0843. The second-order valence-corrected chi connectivity index (χ2v) is 6.46. The lowest BCUT2D eigenvalue weighted by atomic mass is 9.81. The highest BCUT2D eigenvalue weighted by atomic mass is 16.3. The first-order valence-corrected chi connectivity index (χ1v) is 7.55. The quantitative estimate of drug-likeness (QED) is 0.797. The molecule has 17 heavy (non-hydrogen) atoms. The lowest BCUT2D eigenvalue weighted by Crippen LogP contribution is -2.51. The molecule has 2 heteroatoms. The van der Waals surface area contributed by atoms with Gasteiger partial charge in [-0.25, -0.2) is 0 Å². The molecule has 2 aliphatic rings. The zero-order chi connectivity index (χ0) is 12.4. The third kappa shape index (κ3) is 3.45. The van der Waals surface area contributed by atoms with Gasteiger partial charge in [0.25, 0.3) is 0 Å². The van der Waals surface area contributed by atoms with E-state index in [1.54, 1.807) is 0 Å². The van der Waals surface area contributed by atoms with Crippen molar-refractivity contribution < 1.29 is 5.11 Å². The molecular weight excluding hydrogens is 210 g/mol. The Labute approximate surface area is 106 Å². The van der Waals surface area contributed by atoms with E-state index in [2.05, 4.69) is 25.7 Å². The summed E-state index contributed by atoms with van der Waals surface area (Å²) in [5.41, 5.74) is 0. The van der Waals surface area contributed by atoms with E-state index in [1.807, 2.05) is 0 Å². The van der Waals surface area contributed by atoms with Gasteiger partial charge >= 0.3 is 0 Å². The van der Waals surface area contributed by atoms with Crippen molar-refractivity contribution in [1.82, 2.24) is 4.90 Å². The van der Waals surface area contributed by atoms with Crippen LogP contribution in [-0.4, -0.2) is 34.7 Å². The van der Waals surface area contributed by atoms with Crippen molar-refractivity contribution >= 4 is 0 Å². The van der Waals surface area contributed by atoms with Gasteiger partial charge in [0.2, 0.25) is 0 Å². The third-order valence-electron chi connectivity index (χ3n) is 4.72. The summed E-state index contributed by atoms with van der Waals surface area (Å²) < 4.78 is 0. The van der Waals surface area contributed by atoms with Crippen LogP contribution in [0, 0.1) is 11.8 Å². The Morgan fingerprint density at radius 1 is 1.12 bits per heavy atom. The largest absolute Gasteiger partial charge is 0.391 e. The number of aliphatic hydroxyl groups excluding tert-OH is 1. The second-order valence-electron chi connectivity index (χ2n) is 6.46. The van der Waals surface area contributed by atoms with E-state index in [0.717, 1.165) is 18.3 Å². The average Bonchev–Trinajstić information content (AvgIpc) is 3.10. The highest BCUT2D eigenvalue weighted by molar-refractivity contribution is 4.90. The average molecular weight is 239 g/mol. The molecule has 0 aromatic heterocycles. The fourth-order valence-corrected chi connectivity index (χ4v) is 3.27. The van der Waals surface area contributed by atoms with Crippen molar-refractivity contribution in [2.45, 2.75) is 77.5 Å². The lowest BCUT2D eigenvalue weighted by Gasteiger charge is -2.42. The van der Waals surface area contributed by atoms with Gasteiger partial charge in [0, 0.05) is 18.6 Å². The van der Waals surface area contributed by atoms with Gasteiger partial charge in [0.15, 0.2) is 0 Å². The normalized spacial score (nSPS) is 34.6. The molecule has 0 aromatic rings. The van der Waals surface area contributed by atoms with Crippen LogP contribution in [0.25, 0.3) is 0 Å². The minimum Gasteiger partial charge on any atom is -0.391 e. The van der Waals surface area contributed by atoms with Gasteiger partial charge in [-0.3, -0.25) is 4.90 Å². The number of nitrogens with zero attached hydrogens (tertiary/aromatic N) is 1. The van der Waals surface area contributed by atoms with Crippen molar-refractivity contribution in [2.24, 2.45) is 11.8 Å². The fourth-order valence-electron chi connectivity index (χ4n) is 3.27. The van der Waals surface area contributed by atoms with Gasteiger partial charge in [0.1, 0.15) is 0 Å². The second kappa shape index (κ2) is 5.71. The van der Waals surface area contributed by atoms with E-state index in [-0.39, 0.29) is 6.10 Å². The molecule has 100 valence electrons. The van der Waals surface area contributed by atoms with Crippen molar-refractivity contribution in [3.8, 4) is 0 Å². The van der Waals surface area contributed by atoms with Crippen LogP contribution in [0.3, 0.4) is 0 Å². The molecule has 0 spiro atoms. The predicted molar refractivity (Wildman–Crippen MR) is 72.0 cm³/mol. The Hall–Kier alpha value is -0.0800. The van der Waals surface area contributed by atoms with E-state index in [0.29, 0.717) is 12.1 Å². The zero-order valence-electron chi connectivity index (χ0n) is 11.7. The molecule has 0 radical (unpaired) electrons. The van der Waals surface area contributed by atoms with Crippen LogP contribution in [0.4, 0.5) is 0 Å². The monoisotopic (exact) mass is 239 g/mol. The minimum absolute atomic E-state index is 0.0843. The molecule has 0 aromatic carbocycles. The molecule has 0 saturated heterocycles. The van der Waals surface area contributed by atoms with E-state index < -0.39 is 0 Å². The van der Waals surface area contributed by atoms with E-state index in [1.165, 1.54) is 38.6 Å². The van der Waals surface area contributed by atoms with Crippen molar-refractivity contribution in [3.63, 3.8) is 0 Å². The summed E-state index contributed by atoms with van der Waals surface area (Å²) >= 11 is 0. The predicted octanol–water partition coefficient (Wildman–Crippen LogP) is 3.05. The molecule has 2 aliphatic carbocycles. The van der Waals surface area contributed by atoms with Gasteiger partial charge in [-0.15, -0.1) is 0 Å². The topological polar surface area (TPSA) is 23.5 Å². The molecular formula is C15H29NO. The van der Waals surface area contributed by atoms with Crippen molar-refractivity contribution in [2.75, 3.05) is 6.54 Å². The molecule has 2 fully saturated rings. The van der Waals surface area contributed by atoms with Crippen molar-refractivity contribution in [1.29, 1.82) is 0 Å². The van der Waals surface area contributed by atoms with Crippen LogP contribution >= 0.6 is 0 Å². The van der Waals surface area contributed by atoms with Crippen LogP contribution in [0.15, 0.2) is 0 Å². The first-order chi connectivity index (χ1) is 8.11. The van der Waals surface area contributed by atoms with Crippen LogP contribution in [0.5, 0.6) is 0 Å². The number of rotatable bonds is 5. The Balaban J connectivity index is 1.98. The summed E-state index contributed by atoms with van der Waals surface area (Å²) in [6.45, 7) is 8.07. The molecule has 2 rings (SSSR count). The summed E-state index contributed by atoms with van der Waals surface area (Å²) in [5.74, 6) is 1.76. The van der Waals surface area contributed by atoms with Gasteiger partial charge in [0.05, 0.1) is 6.10 Å². The summed E-state index contributed by atoms with van der Waals surface area (Å²) in [5, 5.41) is 10.3. The van der Waals surface area contributed by atoms with E-state index >= 15 is 0 Å². The number of hydrogen-bond donors (Lipinski definition) is 1. The molecule has 2 nitrogen and oxygen atoms in total.